The maximum Gasteiger partial charge on any atom is 0.238 e. The Kier molecular flexibility index (Phi) is 6.71. The van der Waals surface area contributed by atoms with Gasteiger partial charge in [-0.05, 0) is 48.5 Å². The van der Waals surface area contributed by atoms with Crippen molar-refractivity contribution >= 4 is 51.9 Å². The SMILES string of the molecule is NS(=O)(=O)c1ccc(Br)cc1.NS(=O)(=O)c1ccc(Br)cc1. The van der Waals surface area contributed by atoms with Crippen LogP contribution < -0.4 is 10.3 Å². The third kappa shape index (κ3) is 6.55. The highest BCUT2D eigenvalue weighted by Gasteiger charge is 2.05. The summed E-state index contributed by atoms with van der Waals surface area (Å²) in [4.78, 5) is 0.251. The number of benzene rings is 2. The molecule has 0 unspecified atom stereocenters. The van der Waals surface area contributed by atoms with Crippen molar-refractivity contribution in [2.24, 2.45) is 10.3 Å². The second-order valence-corrected chi connectivity index (χ2v) is 8.95. The standard InChI is InChI=1S/2C6H6BrNO2S/c2*7-5-1-3-6(4-2-5)11(8,9)10/h2*1-4H,(H2,8,9,10). The zero-order valence-corrected chi connectivity index (χ0v) is 15.8. The molecule has 0 bridgehead atoms. The summed E-state index contributed by atoms with van der Waals surface area (Å²) in [6.07, 6.45) is 0. The molecule has 2 aromatic carbocycles. The molecule has 22 heavy (non-hydrogen) atoms. The van der Waals surface area contributed by atoms with Crippen molar-refractivity contribution in [2.45, 2.75) is 9.79 Å². The number of rotatable bonds is 2. The van der Waals surface area contributed by atoms with E-state index in [4.69, 9.17) is 10.3 Å². The van der Waals surface area contributed by atoms with E-state index in [1.54, 1.807) is 24.3 Å². The van der Waals surface area contributed by atoms with Crippen LogP contribution in [0.4, 0.5) is 0 Å². The molecule has 0 spiro atoms. The lowest BCUT2D eigenvalue weighted by Crippen LogP contribution is -2.11. The summed E-state index contributed by atoms with van der Waals surface area (Å²) >= 11 is 6.35. The van der Waals surface area contributed by atoms with Crippen LogP contribution in [0.15, 0.2) is 67.3 Å². The molecule has 0 aliphatic carbocycles. The zero-order valence-electron chi connectivity index (χ0n) is 11.0. The highest BCUT2D eigenvalue weighted by atomic mass is 79.9. The molecule has 0 fully saturated rings. The predicted octanol–water partition coefficient (Wildman–Crippen LogP) is 2.19. The molecule has 0 aromatic heterocycles. The monoisotopic (exact) mass is 470 g/mol. The van der Waals surface area contributed by atoms with Crippen LogP contribution in [0.5, 0.6) is 0 Å². The maximum absolute atomic E-state index is 10.7. The quantitative estimate of drug-likeness (QED) is 0.697. The normalized spacial score (nSPS) is 11.5. The molecule has 2 aromatic rings. The highest BCUT2D eigenvalue weighted by molar-refractivity contribution is 9.10. The van der Waals surface area contributed by atoms with Gasteiger partial charge in [-0.25, -0.2) is 27.1 Å². The Morgan fingerprint density at radius 3 is 1.00 bits per heavy atom. The third-order valence-corrected chi connectivity index (χ3v) is 5.20. The summed E-state index contributed by atoms with van der Waals surface area (Å²) in [5, 5.41) is 9.73. The molecular formula is C12H12Br2N2O4S2. The van der Waals surface area contributed by atoms with Gasteiger partial charge in [-0.1, -0.05) is 31.9 Å². The molecule has 6 nitrogen and oxygen atoms in total. The maximum atomic E-state index is 10.7. The summed E-state index contributed by atoms with van der Waals surface area (Å²) in [5.74, 6) is 0. The lowest BCUT2D eigenvalue weighted by Gasteiger charge is -1.95. The fourth-order valence-electron chi connectivity index (χ4n) is 1.25. The van der Waals surface area contributed by atoms with E-state index < -0.39 is 20.0 Å². The van der Waals surface area contributed by atoms with Gasteiger partial charge in [0.05, 0.1) is 9.79 Å². The van der Waals surface area contributed by atoms with Gasteiger partial charge in [-0.15, -0.1) is 0 Å². The summed E-state index contributed by atoms with van der Waals surface area (Å²) in [6.45, 7) is 0. The van der Waals surface area contributed by atoms with Crippen LogP contribution >= 0.6 is 31.9 Å². The number of halogens is 2. The van der Waals surface area contributed by atoms with Crippen LogP contribution in [0.2, 0.25) is 0 Å². The Morgan fingerprint density at radius 1 is 0.591 bits per heavy atom. The van der Waals surface area contributed by atoms with Crippen LogP contribution in [0, 0.1) is 0 Å². The van der Waals surface area contributed by atoms with Gasteiger partial charge in [0.1, 0.15) is 0 Å². The van der Waals surface area contributed by atoms with E-state index in [0.29, 0.717) is 0 Å². The minimum Gasteiger partial charge on any atom is -0.225 e. The van der Waals surface area contributed by atoms with Crippen molar-refractivity contribution in [1.29, 1.82) is 0 Å². The second-order valence-electron chi connectivity index (χ2n) is 4.00. The topological polar surface area (TPSA) is 120 Å². The first-order valence-electron chi connectivity index (χ1n) is 5.57. The van der Waals surface area contributed by atoms with E-state index >= 15 is 0 Å². The van der Waals surface area contributed by atoms with Gasteiger partial charge >= 0.3 is 0 Å². The Balaban J connectivity index is 0.000000220. The smallest absolute Gasteiger partial charge is 0.225 e. The third-order valence-electron chi connectivity index (χ3n) is 2.28. The van der Waals surface area contributed by atoms with Crippen molar-refractivity contribution in [2.75, 3.05) is 0 Å². The summed E-state index contributed by atoms with van der Waals surface area (Å²) in [7, 11) is -7.08. The molecule has 10 heteroatoms. The Bertz CT molecular complexity index is 760. The van der Waals surface area contributed by atoms with E-state index in [1.807, 2.05) is 0 Å². The molecule has 2 rings (SSSR count). The predicted molar refractivity (Wildman–Crippen MR) is 91.0 cm³/mol. The lowest BCUT2D eigenvalue weighted by atomic mass is 10.4. The van der Waals surface area contributed by atoms with Gasteiger partial charge in [0.15, 0.2) is 0 Å². The first-order valence-corrected chi connectivity index (χ1v) is 10.2. The summed E-state index contributed by atoms with van der Waals surface area (Å²) < 4.78 is 44.5. The van der Waals surface area contributed by atoms with Gasteiger partial charge < -0.3 is 0 Å². The fraction of sp³-hybridized carbons (Fsp3) is 0. The highest BCUT2D eigenvalue weighted by Crippen LogP contribution is 2.13. The number of sulfonamides is 2. The van der Waals surface area contributed by atoms with E-state index in [2.05, 4.69) is 31.9 Å². The molecule has 4 N–H and O–H groups in total. The number of nitrogens with two attached hydrogens (primary N) is 2. The summed E-state index contributed by atoms with van der Waals surface area (Å²) in [5.41, 5.74) is 0. The van der Waals surface area contributed by atoms with Crippen molar-refractivity contribution in [1.82, 2.24) is 0 Å². The molecule has 0 heterocycles. The zero-order chi connectivity index (χ0) is 17.0. The molecule has 0 radical (unpaired) electrons. The molecular weight excluding hydrogens is 460 g/mol. The number of primary sulfonamides is 2. The number of hydrogen-bond acceptors (Lipinski definition) is 4. The van der Waals surface area contributed by atoms with E-state index in [9.17, 15) is 16.8 Å². The van der Waals surface area contributed by atoms with Gasteiger partial charge in [-0.3, -0.25) is 0 Å². The van der Waals surface area contributed by atoms with Crippen molar-refractivity contribution in [3.8, 4) is 0 Å². The lowest BCUT2D eigenvalue weighted by molar-refractivity contribution is 0.596. The fourth-order valence-corrected chi connectivity index (χ4v) is 2.81. The van der Waals surface area contributed by atoms with E-state index in [-0.39, 0.29) is 9.79 Å². The first kappa shape index (κ1) is 19.3. The average Bonchev–Trinajstić information content (AvgIpc) is 2.38. The van der Waals surface area contributed by atoms with E-state index in [0.717, 1.165) is 8.95 Å². The average molecular weight is 472 g/mol. The summed E-state index contributed by atoms with van der Waals surface area (Å²) in [6, 6.07) is 12.3. The first-order chi connectivity index (χ1) is 10.00. The largest absolute Gasteiger partial charge is 0.238 e. The minimum atomic E-state index is -3.54. The Hall–Kier alpha value is -0.780. The van der Waals surface area contributed by atoms with Crippen molar-refractivity contribution < 1.29 is 16.8 Å². The van der Waals surface area contributed by atoms with Crippen LogP contribution in [0.1, 0.15) is 0 Å². The van der Waals surface area contributed by atoms with E-state index in [1.165, 1.54) is 24.3 Å². The molecule has 0 atom stereocenters. The molecule has 120 valence electrons. The van der Waals surface area contributed by atoms with Crippen LogP contribution in [-0.2, 0) is 20.0 Å². The van der Waals surface area contributed by atoms with Crippen molar-refractivity contribution in [3.05, 3.63) is 57.5 Å². The van der Waals surface area contributed by atoms with Gasteiger partial charge in [0, 0.05) is 8.95 Å². The Labute approximate surface area is 145 Å². The van der Waals surface area contributed by atoms with Crippen LogP contribution in [0.25, 0.3) is 0 Å². The van der Waals surface area contributed by atoms with Gasteiger partial charge in [0.25, 0.3) is 0 Å². The van der Waals surface area contributed by atoms with Gasteiger partial charge in [-0.2, -0.15) is 0 Å². The molecule has 0 amide bonds. The molecule has 0 saturated heterocycles. The molecule has 0 aliphatic rings. The minimum absolute atomic E-state index is 0.126. The Morgan fingerprint density at radius 2 is 0.818 bits per heavy atom. The second kappa shape index (κ2) is 7.66. The van der Waals surface area contributed by atoms with Gasteiger partial charge in [0.2, 0.25) is 20.0 Å². The molecule has 0 saturated carbocycles. The van der Waals surface area contributed by atoms with Crippen LogP contribution in [-0.4, -0.2) is 16.8 Å². The molecule has 0 aliphatic heterocycles. The van der Waals surface area contributed by atoms with Crippen molar-refractivity contribution in [3.63, 3.8) is 0 Å². The number of hydrogen-bond donors (Lipinski definition) is 2. The van der Waals surface area contributed by atoms with Crippen LogP contribution in [0.3, 0.4) is 0 Å².